The summed E-state index contributed by atoms with van der Waals surface area (Å²) in [4.78, 5) is 24.8. The predicted molar refractivity (Wildman–Crippen MR) is 73.1 cm³/mol. The molecule has 0 saturated carbocycles. The summed E-state index contributed by atoms with van der Waals surface area (Å²) in [5.74, 6) is -0.479. The van der Waals surface area contributed by atoms with Gasteiger partial charge in [0.1, 0.15) is 6.04 Å². The van der Waals surface area contributed by atoms with Crippen LogP contribution in [0.1, 0.15) is 32.6 Å². The maximum atomic E-state index is 11.6. The number of carboxylic acids is 1. The van der Waals surface area contributed by atoms with Crippen LogP contribution in [0.2, 0.25) is 0 Å². The Morgan fingerprint density at radius 3 is 2.53 bits per heavy atom. The fourth-order valence-corrected chi connectivity index (χ4v) is 2.26. The average molecular weight is 271 g/mol. The molecule has 110 valence electrons. The zero-order valence-electron chi connectivity index (χ0n) is 11.8. The van der Waals surface area contributed by atoms with Crippen molar-refractivity contribution in [2.24, 2.45) is 5.92 Å². The molecule has 6 nitrogen and oxygen atoms in total. The highest BCUT2D eigenvalue weighted by molar-refractivity contribution is 5.82. The van der Waals surface area contributed by atoms with Gasteiger partial charge in [0.15, 0.2) is 0 Å². The van der Waals surface area contributed by atoms with Gasteiger partial charge in [-0.2, -0.15) is 0 Å². The van der Waals surface area contributed by atoms with Crippen LogP contribution in [-0.2, 0) is 4.79 Å². The van der Waals surface area contributed by atoms with Gasteiger partial charge in [0, 0.05) is 6.54 Å². The first-order valence-corrected chi connectivity index (χ1v) is 6.98. The third kappa shape index (κ3) is 5.92. The van der Waals surface area contributed by atoms with Gasteiger partial charge < -0.3 is 20.6 Å². The minimum Gasteiger partial charge on any atom is -0.480 e. The first-order chi connectivity index (χ1) is 9.02. The van der Waals surface area contributed by atoms with E-state index in [4.69, 9.17) is 5.11 Å². The number of amides is 2. The Morgan fingerprint density at radius 1 is 1.37 bits per heavy atom. The van der Waals surface area contributed by atoms with E-state index in [1.807, 2.05) is 6.92 Å². The van der Waals surface area contributed by atoms with Crippen molar-refractivity contribution in [2.45, 2.75) is 38.6 Å². The number of hydrogen-bond donors (Lipinski definition) is 3. The van der Waals surface area contributed by atoms with Gasteiger partial charge in [0.2, 0.25) is 0 Å². The maximum Gasteiger partial charge on any atom is 0.326 e. The van der Waals surface area contributed by atoms with Crippen molar-refractivity contribution in [3.8, 4) is 0 Å². The summed E-state index contributed by atoms with van der Waals surface area (Å²) in [5, 5.41) is 14.2. The highest BCUT2D eigenvalue weighted by atomic mass is 16.4. The molecule has 0 aromatic rings. The van der Waals surface area contributed by atoms with Gasteiger partial charge in [-0.15, -0.1) is 0 Å². The number of carbonyl (C=O) groups is 2. The summed E-state index contributed by atoms with van der Waals surface area (Å²) in [6.45, 7) is 4.63. The second kappa shape index (κ2) is 7.99. The fraction of sp³-hybridized carbons (Fsp3) is 0.846. The molecule has 0 aromatic heterocycles. The molecule has 0 spiro atoms. The molecule has 1 aliphatic heterocycles. The number of nitrogens with one attached hydrogen (secondary N) is 2. The fourth-order valence-electron chi connectivity index (χ4n) is 2.26. The molecule has 0 bridgehead atoms. The third-order valence-corrected chi connectivity index (χ3v) is 3.57. The van der Waals surface area contributed by atoms with E-state index in [0.717, 1.165) is 32.4 Å². The van der Waals surface area contributed by atoms with Crippen molar-refractivity contribution >= 4 is 12.0 Å². The molecule has 19 heavy (non-hydrogen) atoms. The van der Waals surface area contributed by atoms with E-state index in [-0.39, 0.29) is 6.03 Å². The highest BCUT2D eigenvalue weighted by Gasteiger charge is 2.20. The van der Waals surface area contributed by atoms with Crippen molar-refractivity contribution < 1.29 is 14.7 Å². The number of urea groups is 1. The van der Waals surface area contributed by atoms with Crippen LogP contribution >= 0.6 is 0 Å². The standard InChI is InChI=1S/C13H25N3O3/c1-3-4-11(12(17)18)15-13(19)14-9-10-5-7-16(2)8-6-10/h10-11H,3-9H2,1-2H3,(H,17,18)(H2,14,15,19). The number of aliphatic carboxylic acids is 1. The van der Waals surface area contributed by atoms with E-state index in [1.165, 1.54) is 0 Å². The molecule has 1 unspecified atom stereocenters. The topological polar surface area (TPSA) is 81.7 Å². The van der Waals surface area contributed by atoms with E-state index in [9.17, 15) is 9.59 Å². The van der Waals surface area contributed by atoms with E-state index < -0.39 is 12.0 Å². The number of hydrogen-bond acceptors (Lipinski definition) is 3. The molecule has 0 aliphatic carbocycles. The van der Waals surface area contributed by atoms with E-state index in [2.05, 4.69) is 22.6 Å². The van der Waals surface area contributed by atoms with E-state index in [0.29, 0.717) is 18.9 Å². The molecule has 0 aromatic carbocycles. The Morgan fingerprint density at radius 2 is 2.00 bits per heavy atom. The molecule has 6 heteroatoms. The zero-order valence-corrected chi connectivity index (χ0v) is 11.8. The van der Waals surface area contributed by atoms with Crippen molar-refractivity contribution in [2.75, 3.05) is 26.7 Å². The molecular weight excluding hydrogens is 246 g/mol. The Balaban J connectivity index is 2.24. The summed E-state index contributed by atoms with van der Waals surface area (Å²) >= 11 is 0. The molecule has 1 rings (SSSR count). The quantitative estimate of drug-likeness (QED) is 0.670. The van der Waals surface area contributed by atoms with Gasteiger partial charge in [0.05, 0.1) is 0 Å². The lowest BCUT2D eigenvalue weighted by Gasteiger charge is -2.29. The Hall–Kier alpha value is -1.30. The monoisotopic (exact) mass is 271 g/mol. The summed E-state index contributed by atoms with van der Waals surface area (Å²) in [6.07, 6.45) is 3.34. The molecule has 1 aliphatic rings. The largest absolute Gasteiger partial charge is 0.480 e. The molecule has 1 heterocycles. The molecule has 3 N–H and O–H groups in total. The zero-order chi connectivity index (χ0) is 14.3. The SMILES string of the molecule is CCCC(NC(=O)NCC1CCN(C)CC1)C(=O)O. The van der Waals surface area contributed by atoms with Crippen LogP contribution in [0.25, 0.3) is 0 Å². The normalized spacial score (nSPS) is 18.8. The van der Waals surface area contributed by atoms with E-state index in [1.54, 1.807) is 0 Å². The van der Waals surface area contributed by atoms with Crippen molar-refractivity contribution in [1.82, 2.24) is 15.5 Å². The first kappa shape index (κ1) is 15.8. The molecule has 1 atom stereocenters. The van der Waals surface area contributed by atoms with Gasteiger partial charge in [-0.3, -0.25) is 0 Å². The van der Waals surface area contributed by atoms with Crippen LogP contribution in [0.3, 0.4) is 0 Å². The number of carbonyl (C=O) groups excluding carboxylic acids is 1. The number of carboxylic acid groups (broad SMARTS) is 1. The molecule has 1 saturated heterocycles. The maximum absolute atomic E-state index is 11.6. The van der Waals surface area contributed by atoms with Gasteiger partial charge in [-0.25, -0.2) is 9.59 Å². The van der Waals surface area contributed by atoms with Crippen LogP contribution in [0, 0.1) is 5.92 Å². The minimum atomic E-state index is -0.976. The van der Waals surface area contributed by atoms with Crippen LogP contribution in [0.15, 0.2) is 0 Å². The number of likely N-dealkylation sites (tertiary alicyclic amines) is 1. The lowest BCUT2D eigenvalue weighted by atomic mass is 9.97. The van der Waals surface area contributed by atoms with E-state index >= 15 is 0 Å². The molecule has 1 fully saturated rings. The van der Waals surface area contributed by atoms with Crippen LogP contribution in [0.4, 0.5) is 4.79 Å². The van der Waals surface area contributed by atoms with Gasteiger partial charge >= 0.3 is 12.0 Å². The summed E-state index contributed by atoms with van der Waals surface area (Å²) in [7, 11) is 2.10. The minimum absolute atomic E-state index is 0.375. The van der Waals surface area contributed by atoms with Crippen molar-refractivity contribution in [3.63, 3.8) is 0 Å². The van der Waals surface area contributed by atoms with Crippen molar-refractivity contribution in [3.05, 3.63) is 0 Å². The molecule has 0 radical (unpaired) electrons. The predicted octanol–water partition coefficient (Wildman–Crippen LogP) is 0.881. The average Bonchev–Trinajstić information content (AvgIpc) is 2.37. The third-order valence-electron chi connectivity index (χ3n) is 3.57. The van der Waals surface area contributed by atoms with Gasteiger partial charge in [-0.1, -0.05) is 13.3 Å². The van der Waals surface area contributed by atoms with Crippen LogP contribution < -0.4 is 10.6 Å². The smallest absolute Gasteiger partial charge is 0.326 e. The second-order valence-corrected chi connectivity index (χ2v) is 5.28. The highest BCUT2D eigenvalue weighted by Crippen LogP contribution is 2.14. The molecular formula is C13H25N3O3. The first-order valence-electron chi connectivity index (χ1n) is 6.98. The number of piperidine rings is 1. The summed E-state index contributed by atoms with van der Waals surface area (Å²) in [5.41, 5.74) is 0. The number of rotatable bonds is 6. The van der Waals surface area contributed by atoms with Gasteiger partial charge in [-0.05, 0) is 45.3 Å². The second-order valence-electron chi connectivity index (χ2n) is 5.28. The Labute approximate surface area is 114 Å². The van der Waals surface area contributed by atoms with Crippen LogP contribution in [-0.4, -0.2) is 54.7 Å². The summed E-state index contributed by atoms with van der Waals surface area (Å²) in [6, 6.07) is -1.16. The van der Waals surface area contributed by atoms with Crippen LogP contribution in [0.5, 0.6) is 0 Å². The number of nitrogens with zero attached hydrogens (tertiary/aromatic N) is 1. The van der Waals surface area contributed by atoms with Crippen molar-refractivity contribution in [1.29, 1.82) is 0 Å². The molecule has 2 amide bonds. The lowest BCUT2D eigenvalue weighted by molar-refractivity contribution is -0.139. The Bertz CT molecular complexity index is 302. The Kier molecular flexibility index (Phi) is 6.62. The van der Waals surface area contributed by atoms with Gasteiger partial charge in [0.25, 0.3) is 0 Å². The lowest BCUT2D eigenvalue weighted by Crippen LogP contribution is -2.47. The summed E-state index contributed by atoms with van der Waals surface area (Å²) < 4.78 is 0.